The molecule has 4 nitrogen and oxygen atoms in total. The first-order chi connectivity index (χ1) is 9.56. The first-order valence-corrected chi connectivity index (χ1v) is 6.36. The number of aromatic nitrogens is 2. The summed E-state index contributed by atoms with van der Waals surface area (Å²) in [5, 5.41) is 3.79. The quantitative estimate of drug-likeness (QED) is 0.853. The predicted molar refractivity (Wildman–Crippen MR) is 72.3 cm³/mol. The van der Waals surface area contributed by atoms with Crippen molar-refractivity contribution in [2.45, 2.75) is 33.4 Å². The molecule has 114 valence electrons. The number of benzene rings is 1. The van der Waals surface area contributed by atoms with Crippen LogP contribution < -0.4 is 5.73 Å². The number of hydrogen-bond donors (Lipinski definition) is 1. The van der Waals surface area contributed by atoms with Crippen LogP contribution in [0.4, 0.5) is 18.9 Å². The minimum absolute atomic E-state index is 0.00199. The van der Waals surface area contributed by atoms with Crippen molar-refractivity contribution in [2.24, 2.45) is 5.41 Å². The van der Waals surface area contributed by atoms with E-state index in [2.05, 4.69) is 10.1 Å². The molecular weight excluding hydrogens is 283 g/mol. The normalized spacial score (nSPS) is 12.7. The third-order valence-corrected chi connectivity index (χ3v) is 2.77. The van der Waals surface area contributed by atoms with E-state index in [1.807, 2.05) is 20.8 Å². The summed E-state index contributed by atoms with van der Waals surface area (Å²) in [4.78, 5) is 4.12. The zero-order chi connectivity index (χ0) is 15.8. The first-order valence-electron chi connectivity index (χ1n) is 6.36. The van der Waals surface area contributed by atoms with Gasteiger partial charge in [-0.15, -0.1) is 0 Å². The highest BCUT2D eigenvalue weighted by Crippen LogP contribution is 2.34. The van der Waals surface area contributed by atoms with Crippen molar-refractivity contribution < 1.29 is 17.7 Å². The van der Waals surface area contributed by atoms with E-state index in [-0.39, 0.29) is 22.6 Å². The fourth-order valence-electron chi connectivity index (χ4n) is 1.83. The van der Waals surface area contributed by atoms with E-state index in [1.54, 1.807) is 0 Å². The average Bonchev–Trinajstić information content (AvgIpc) is 2.73. The minimum atomic E-state index is -4.45. The Morgan fingerprint density at radius 3 is 2.43 bits per heavy atom. The number of alkyl halides is 3. The Morgan fingerprint density at radius 2 is 1.86 bits per heavy atom. The molecule has 0 spiro atoms. The van der Waals surface area contributed by atoms with Crippen molar-refractivity contribution in [3.05, 3.63) is 29.6 Å². The van der Waals surface area contributed by atoms with Gasteiger partial charge in [0, 0.05) is 12.1 Å². The second kappa shape index (κ2) is 5.05. The van der Waals surface area contributed by atoms with Gasteiger partial charge in [0.15, 0.2) is 5.82 Å². The molecule has 21 heavy (non-hydrogen) atoms. The van der Waals surface area contributed by atoms with Crippen molar-refractivity contribution >= 4 is 5.69 Å². The zero-order valence-corrected chi connectivity index (χ0v) is 12.0. The molecule has 0 bridgehead atoms. The monoisotopic (exact) mass is 299 g/mol. The smallest absolute Gasteiger partial charge is 0.398 e. The molecule has 0 unspecified atom stereocenters. The lowest BCUT2D eigenvalue weighted by atomic mass is 9.92. The highest BCUT2D eigenvalue weighted by atomic mass is 19.4. The van der Waals surface area contributed by atoms with Gasteiger partial charge in [-0.3, -0.25) is 0 Å². The zero-order valence-electron chi connectivity index (χ0n) is 12.0. The molecule has 1 heterocycles. The second-order valence-electron chi connectivity index (χ2n) is 6.05. The highest BCUT2D eigenvalue weighted by molar-refractivity contribution is 5.71. The lowest BCUT2D eigenvalue weighted by Gasteiger charge is -2.14. The molecule has 1 aromatic heterocycles. The van der Waals surface area contributed by atoms with Crippen LogP contribution in [0.2, 0.25) is 0 Å². The summed E-state index contributed by atoms with van der Waals surface area (Å²) >= 11 is 0. The average molecular weight is 299 g/mol. The third kappa shape index (κ3) is 3.74. The molecule has 0 atom stereocenters. The van der Waals surface area contributed by atoms with E-state index in [9.17, 15) is 13.2 Å². The lowest BCUT2D eigenvalue weighted by Crippen LogP contribution is -2.10. The van der Waals surface area contributed by atoms with E-state index in [1.165, 1.54) is 6.07 Å². The summed E-state index contributed by atoms with van der Waals surface area (Å²) in [7, 11) is 0. The van der Waals surface area contributed by atoms with Gasteiger partial charge in [-0.1, -0.05) is 25.9 Å². The summed E-state index contributed by atoms with van der Waals surface area (Å²) in [6.45, 7) is 6.00. The first kappa shape index (κ1) is 15.3. The topological polar surface area (TPSA) is 64.9 Å². The molecule has 0 fully saturated rings. The van der Waals surface area contributed by atoms with Crippen LogP contribution in [0.5, 0.6) is 0 Å². The summed E-state index contributed by atoms with van der Waals surface area (Å²) in [6.07, 6.45) is -3.90. The Kier molecular flexibility index (Phi) is 3.69. The van der Waals surface area contributed by atoms with Gasteiger partial charge in [0.2, 0.25) is 0 Å². The Balaban J connectivity index is 2.38. The number of anilines is 1. The van der Waals surface area contributed by atoms with Crippen molar-refractivity contribution in [3.63, 3.8) is 0 Å². The number of rotatable bonds is 2. The van der Waals surface area contributed by atoms with E-state index in [0.29, 0.717) is 12.2 Å². The molecule has 1 aromatic carbocycles. The van der Waals surface area contributed by atoms with E-state index < -0.39 is 11.7 Å². The summed E-state index contributed by atoms with van der Waals surface area (Å²) in [5.74, 6) is 0.437. The molecule has 0 aliphatic carbocycles. The van der Waals surface area contributed by atoms with Gasteiger partial charge in [0.1, 0.15) is 0 Å². The Bertz CT molecular complexity index is 642. The fraction of sp³-hybridized carbons (Fsp3) is 0.429. The third-order valence-electron chi connectivity index (χ3n) is 2.77. The van der Waals surface area contributed by atoms with Crippen LogP contribution >= 0.6 is 0 Å². The van der Waals surface area contributed by atoms with Crippen LogP contribution in [0, 0.1) is 5.41 Å². The SMILES string of the molecule is CC(C)(C)Cc1noc(-c2cc(C(F)(F)F)ccc2N)n1. The fourth-order valence-corrected chi connectivity index (χ4v) is 1.83. The Morgan fingerprint density at radius 1 is 1.19 bits per heavy atom. The maximum absolute atomic E-state index is 12.7. The van der Waals surface area contributed by atoms with Gasteiger partial charge in [-0.05, 0) is 23.6 Å². The van der Waals surface area contributed by atoms with Crippen LogP contribution in [-0.4, -0.2) is 10.1 Å². The molecule has 0 amide bonds. The molecule has 0 aliphatic heterocycles. The van der Waals surface area contributed by atoms with E-state index in [0.717, 1.165) is 12.1 Å². The van der Waals surface area contributed by atoms with Crippen LogP contribution in [0.15, 0.2) is 22.7 Å². The van der Waals surface area contributed by atoms with Gasteiger partial charge in [-0.25, -0.2) is 0 Å². The van der Waals surface area contributed by atoms with Gasteiger partial charge in [0.25, 0.3) is 5.89 Å². The van der Waals surface area contributed by atoms with Gasteiger partial charge in [0.05, 0.1) is 11.1 Å². The molecule has 2 aromatic rings. The summed E-state index contributed by atoms with van der Waals surface area (Å²) < 4.78 is 43.2. The van der Waals surface area contributed by atoms with Gasteiger partial charge < -0.3 is 10.3 Å². The molecule has 2 rings (SSSR count). The summed E-state index contributed by atoms with van der Waals surface area (Å²) in [6, 6.07) is 3.03. The number of halogens is 3. The van der Waals surface area contributed by atoms with Crippen LogP contribution in [0.1, 0.15) is 32.2 Å². The van der Waals surface area contributed by atoms with Crippen molar-refractivity contribution in [1.82, 2.24) is 10.1 Å². The molecule has 2 N–H and O–H groups in total. The maximum Gasteiger partial charge on any atom is 0.416 e. The van der Waals surface area contributed by atoms with Crippen LogP contribution in [0.25, 0.3) is 11.5 Å². The number of nitrogen functional groups attached to an aromatic ring is 1. The summed E-state index contributed by atoms with van der Waals surface area (Å²) in [5.41, 5.74) is 5.10. The van der Waals surface area contributed by atoms with Gasteiger partial charge >= 0.3 is 6.18 Å². The Labute approximate surface area is 120 Å². The predicted octanol–water partition coefficient (Wildman–Crippen LogP) is 3.93. The maximum atomic E-state index is 12.7. The highest BCUT2D eigenvalue weighted by Gasteiger charge is 2.31. The van der Waals surface area contributed by atoms with Crippen molar-refractivity contribution in [2.75, 3.05) is 5.73 Å². The van der Waals surface area contributed by atoms with Gasteiger partial charge in [-0.2, -0.15) is 18.2 Å². The van der Waals surface area contributed by atoms with Crippen LogP contribution in [-0.2, 0) is 12.6 Å². The largest absolute Gasteiger partial charge is 0.416 e. The molecule has 0 aliphatic rings. The molecule has 0 saturated heterocycles. The number of nitrogens with two attached hydrogens (primary N) is 1. The molecular formula is C14H16F3N3O. The lowest BCUT2D eigenvalue weighted by molar-refractivity contribution is -0.137. The standard InChI is InChI=1S/C14H16F3N3O/c1-13(2,3)7-11-19-12(21-20-11)9-6-8(14(15,16)17)4-5-10(9)18/h4-6H,7,18H2,1-3H3. The van der Waals surface area contributed by atoms with Crippen molar-refractivity contribution in [3.8, 4) is 11.5 Å². The number of hydrogen-bond acceptors (Lipinski definition) is 4. The number of nitrogens with zero attached hydrogens (tertiary/aromatic N) is 2. The van der Waals surface area contributed by atoms with E-state index >= 15 is 0 Å². The molecule has 0 radical (unpaired) electrons. The molecule has 0 saturated carbocycles. The van der Waals surface area contributed by atoms with Crippen molar-refractivity contribution in [1.29, 1.82) is 0 Å². The molecule has 7 heteroatoms. The second-order valence-corrected chi connectivity index (χ2v) is 6.05. The van der Waals surface area contributed by atoms with E-state index in [4.69, 9.17) is 10.3 Å². The minimum Gasteiger partial charge on any atom is -0.398 e. The van der Waals surface area contributed by atoms with Crippen LogP contribution in [0.3, 0.4) is 0 Å². The Hall–Kier alpha value is -2.05.